The van der Waals surface area contributed by atoms with Gasteiger partial charge in [0.25, 0.3) is 0 Å². The van der Waals surface area contributed by atoms with Crippen LogP contribution < -0.4 is 5.32 Å². The molecule has 1 aromatic heterocycles. The van der Waals surface area contributed by atoms with Crippen LogP contribution in [0, 0.1) is 0 Å². The van der Waals surface area contributed by atoms with E-state index < -0.39 is 0 Å². The second-order valence-electron chi connectivity index (χ2n) is 5.46. The quantitative estimate of drug-likeness (QED) is 0.812. The molecule has 0 spiro atoms. The van der Waals surface area contributed by atoms with Gasteiger partial charge in [0.1, 0.15) is 0 Å². The fourth-order valence-electron chi connectivity index (χ4n) is 3.06. The maximum absolute atomic E-state index is 6.01. The van der Waals surface area contributed by atoms with Crippen molar-refractivity contribution in [2.75, 3.05) is 26.9 Å². The Labute approximate surface area is 135 Å². The molecule has 2 heterocycles. The van der Waals surface area contributed by atoms with E-state index in [1.165, 1.54) is 5.69 Å². The summed E-state index contributed by atoms with van der Waals surface area (Å²) in [6, 6.07) is 0.114. The number of nitrogens with zero attached hydrogens (tertiary/aromatic N) is 2. The molecular formula is C15H26BrN3O2. The van der Waals surface area contributed by atoms with Crippen LogP contribution in [0.2, 0.25) is 0 Å². The van der Waals surface area contributed by atoms with Crippen molar-refractivity contribution in [2.45, 2.75) is 51.3 Å². The fraction of sp³-hybridized carbons (Fsp3) is 0.800. The predicted molar refractivity (Wildman–Crippen MR) is 86.4 cm³/mol. The smallest absolute Gasteiger partial charge is 0.0931 e. The van der Waals surface area contributed by atoms with Crippen molar-refractivity contribution in [3.8, 4) is 0 Å². The number of hydrogen-bond donors (Lipinski definition) is 1. The number of rotatable bonds is 7. The molecule has 0 aromatic carbocycles. The van der Waals surface area contributed by atoms with E-state index in [4.69, 9.17) is 9.47 Å². The lowest BCUT2D eigenvalue weighted by atomic mass is 9.84. The van der Waals surface area contributed by atoms with Gasteiger partial charge < -0.3 is 14.8 Å². The van der Waals surface area contributed by atoms with Gasteiger partial charge in [-0.25, -0.2) is 0 Å². The second-order valence-corrected chi connectivity index (χ2v) is 6.32. The first kappa shape index (κ1) is 16.9. The zero-order valence-electron chi connectivity index (χ0n) is 13.2. The van der Waals surface area contributed by atoms with Crippen molar-refractivity contribution in [1.82, 2.24) is 15.1 Å². The van der Waals surface area contributed by atoms with Crippen LogP contribution >= 0.6 is 15.9 Å². The van der Waals surface area contributed by atoms with Gasteiger partial charge in [0, 0.05) is 39.7 Å². The molecular weight excluding hydrogens is 334 g/mol. The van der Waals surface area contributed by atoms with E-state index in [0.29, 0.717) is 0 Å². The molecule has 1 aliphatic rings. The Kier molecular flexibility index (Phi) is 6.22. The van der Waals surface area contributed by atoms with E-state index in [0.717, 1.165) is 50.0 Å². The van der Waals surface area contributed by atoms with Gasteiger partial charge in [-0.1, -0.05) is 6.92 Å². The van der Waals surface area contributed by atoms with Gasteiger partial charge in [-0.05, 0) is 35.8 Å². The van der Waals surface area contributed by atoms with Crippen molar-refractivity contribution in [3.63, 3.8) is 0 Å². The molecule has 1 atom stereocenters. The molecule has 6 heteroatoms. The molecule has 0 amide bonds. The van der Waals surface area contributed by atoms with E-state index in [1.54, 1.807) is 0 Å². The molecule has 1 aromatic rings. The largest absolute Gasteiger partial charge is 0.381 e. The molecule has 2 rings (SSSR count). The highest BCUT2D eigenvalue weighted by atomic mass is 79.9. The molecule has 21 heavy (non-hydrogen) atoms. The summed E-state index contributed by atoms with van der Waals surface area (Å²) < 4.78 is 14.6. The van der Waals surface area contributed by atoms with Gasteiger partial charge in [-0.15, -0.1) is 0 Å². The third-order valence-corrected chi connectivity index (χ3v) is 4.89. The molecule has 1 unspecified atom stereocenters. The van der Waals surface area contributed by atoms with E-state index in [2.05, 4.69) is 40.2 Å². The van der Waals surface area contributed by atoms with Crippen molar-refractivity contribution in [1.29, 1.82) is 0 Å². The normalized spacial score (nSPS) is 19.6. The van der Waals surface area contributed by atoms with Crippen LogP contribution in [0.1, 0.15) is 44.8 Å². The SMILES string of the molecule is CCCNC(c1c(Br)cnn1CC)C1(OC)CCOCC1. The first-order chi connectivity index (χ1) is 10.2. The Morgan fingerprint density at radius 3 is 2.76 bits per heavy atom. The van der Waals surface area contributed by atoms with Gasteiger partial charge in [0.15, 0.2) is 0 Å². The van der Waals surface area contributed by atoms with Gasteiger partial charge in [0.05, 0.1) is 28.0 Å². The monoisotopic (exact) mass is 359 g/mol. The molecule has 1 fully saturated rings. The Hall–Kier alpha value is -0.430. The molecule has 1 N–H and O–H groups in total. The number of aryl methyl sites for hydroxylation is 1. The Bertz CT molecular complexity index is 444. The highest BCUT2D eigenvalue weighted by Gasteiger charge is 2.43. The molecule has 120 valence electrons. The van der Waals surface area contributed by atoms with Crippen LogP contribution in [0.5, 0.6) is 0 Å². The van der Waals surface area contributed by atoms with Gasteiger partial charge in [0.2, 0.25) is 0 Å². The average molecular weight is 360 g/mol. The third-order valence-electron chi connectivity index (χ3n) is 4.28. The van der Waals surface area contributed by atoms with Crippen molar-refractivity contribution in [2.24, 2.45) is 0 Å². The van der Waals surface area contributed by atoms with Crippen molar-refractivity contribution in [3.05, 3.63) is 16.4 Å². The van der Waals surface area contributed by atoms with Crippen molar-refractivity contribution >= 4 is 15.9 Å². The maximum atomic E-state index is 6.01. The third kappa shape index (κ3) is 3.50. The summed E-state index contributed by atoms with van der Waals surface area (Å²) in [7, 11) is 1.81. The molecule has 0 radical (unpaired) electrons. The lowest BCUT2D eigenvalue weighted by molar-refractivity contribution is -0.113. The van der Waals surface area contributed by atoms with Gasteiger partial charge in [-0.2, -0.15) is 5.10 Å². The number of aromatic nitrogens is 2. The van der Waals surface area contributed by atoms with E-state index in [1.807, 2.05) is 18.0 Å². The van der Waals surface area contributed by atoms with Gasteiger partial charge in [-0.3, -0.25) is 4.68 Å². The average Bonchev–Trinajstić information content (AvgIpc) is 2.89. The minimum Gasteiger partial charge on any atom is -0.381 e. The van der Waals surface area contributed by atoms with Gasteiger partial charge >= 0.3 is 0 Å². The molecule has 0 saturated carbocycles. The summed E-state index contributed by atoms with van der Waals surface area (Å²) in [5.74, 6) is 0. The lowest BCUT2D eigenvalue weighted by Crippen LogP contribution is -2.50. The highest BCUT2D eigenvalue weighted by molar-refractivity contribution is 9.10. The predicted octanol–water partition coefficient (Wildman–Crippen LogP) is 2.90. The molecule has 0 bridgehead atoms. The summed E-state index contributed by atoms with van der Waals surface area (Å²) in [6.45, 7) is 7.59. The summed E-state index contributed by atoms with van der Waals surface area (Å²) in [5, 5.41) is 8.14. The van der Waals surface area contributed by atoms with Crippen LogP contribution in [-0.2, 0) is 16.0 Å². The first-order valence-electron chi connectivity index (χ1n) is 7.76. The Balaban J connectivity index is 2.38. The van der Waals surface area contributed by atoms with E-state index in [9.17, 15) is 0 Å². The molecule has 1 saturated heterocycles. The highest BCUT2D eigenvalue weighted by Crippen LogP contribution is 2.39. The van der Waals surface area contributed by atoms with E-state index in [-0.39, 0.29) is 11.6 Å². The Morgan fingerprint density at radius 2 is 2.19 bits per heavy atom. The summed E-state index contributed by atoms with van der Waals surface area (Å²) >= 11 is 3.66. The second kappa shape index (κ2) is 7.72. The Morgan fingerprint density at radius 1 is 1.48 bits per heavy atom. The topological polar surface area (TPSA) is 48.3 Å². The van der Waals surface area contributed by atoms with E-state index >= 15 is 0 Å². The molecule has 0 aliphatic carbocycles. The summed E-state index contributed by atoms with van der Waals surface area (Å²) in [6.07, 6.45) is 4.76. The minimum atomic E-state index is -0.233. The zero-order valence-corrected chi connectivity index (χ0v) is 14.8. The number of ether oxygens (including phenoxy) is 2. The first-order valence-corrected chi connectivity index (χ1v) is 8.55. The molecule has 1 aliphatic heterocycles. The standard InChI is InChI=1S/C15H26BrN3O2/c1-4-8-17-14(13-12(16)11-18-19(13)5-2)15(20-3)6-9-21-10-7-15/h11,14,17H,4-10H2,1-3H3. The van der Waals surface area contributed by atoms with Crippen LogP contribution in [0.3, 0.4) is 0 Å². The molecule has 5 nitrogen and oxygen atoms in total. The van der Waals surface area contributed by atoms with Crippen LogP contribution in [0.4, 0.5) is 0 Å². The minimum absolute atomic E-state index is 0.114. The maximum Gasteiger partial charge on any atom is 0.0931 e. The number of halogens is 1. The summed E-state index contributed by atoms with van der Waals surface area (Å²) in [5.41, 5.74) is 0.942. The van der Waals surface area contributed by atoms with Crippen LogP contribution in [-0.4, -0.2) is 42.2 Å². The fourth-order valence-corrected chi connectivity index (χ4v) is 3.58. The number of methoxy groups -OCH3 is 1. The van der Waals surface area contributed by atoms with Crippen molar-refractivity contribution < 1.29 is 9.47 Å². The lowest BCUT2D eigenvalue weighted by Gasteiger charge is -2.43. The zero-order chi connectivity index (χ0) is 15.3. The summed E-state index contributed by atoms with van der Waals surface area (Å²) in [4.78, 5) is 0. The van der Waals surface area contributed by atoms with Crippen LogP contribution in [0.25, 0.3) is 0 Å². The number of hydrogen-bond acceptors (Lipinski definition) is 4. The van der Waals surface area contributed by atoms with Crippen LogP contribution in [0.15, 0.2) is 10.7 Å². The number of nitrogens with one attached hydrogen (secondary N) is 1.